The van der Waals surface area contributed by atoms with Gasteiger partial charge in [-0.3, -0.25) is 9.78 Å². The maximum absolute atomic E-state index is 12.7. The second kappa shape index (κ2) is 12.2. The number of amides is 1. The van der Waals surface area contributed by atoms with Gasteiger partial charge in [0.15, 0.2) is 0 Å². The number of benzene rings is 1. The Morgan fingerprint density at radius 1 is 1.18 bits per heavy atom. The second-order valence-electron chi connectivity index (χ2n) is 7.94. The van der Waals surface area contributed by atoms with E-state index in [1.165, 1.54) is 12.1 Å². The first-order chi connectivity index (χ1) is 16.1. The van der Waals surface area contributed by atoms with Crippen molar-refractivity contribution in [2.24, 2.45) is 10.9 Å². The summed E-state index contributed by atoms with van der Waals surface area (Å²) >= 11 is 0. The average molecular weight is 449 g/mol. The number of carboxylic acids is 1. The number of guanidine groups is 1. The highest BCUT2D eigenvalue weighted by Gasteiger charge is 2.23. The predicted octanol–water partition coefficient (Wildman–Crippen LogP) is 3.69. The zero-order chi connectivity index (χ0) is 23.5. The normalized spacial score (nSPS) is 14.4. The number of piperidine rings is 1. The van der Waals surface area contributed by atoms with Crippen LogP contribution in [0.25, 0.3) is 4.95 Å². The number of unbranched alkanes of at least 4 members (excludes halogenated alkanes) is 1. The maximum atomic E-state index is 12.7. The highest BCUT2D eigenvalue weighted by molar-refractivity contribution is 5.97. The number of carboxylic acid groups (broad SMARTS) is 1. The predicted molar refractivity (Wildman–Crippen MR) is 126 cm³/mol. The van der Waals surface area contributed by atoms with E-state index in [-0.39, 0.29) is 11.5 Å². The molecule has 0 spiro atoms. The topological polar surface area (TPSA) is 111 Å². The lowest BCUT2D eigenvalue weighted by atomic mass is 9.91. The molecule has 1 amide bonds. The lowest BCUT2D eigenvalue weighted by Crippen LogP contribution is -2.38. The molecule has 1 fully saturated rings. The molecule has 2 heterocycles. The molecular weight excluding hydrogens is 420 g/mol. The van der Waals surface area contributed by atoms with E-state index in [1.54, 1.807) is 24.5 Å². The number of nitrogens with zero attached hydrogens (tertiary/aromatic N) is 4. The largest absolute Gasteiger partial charge is 0.478 e. The molecule has 1 aliphatic rings. The van der Waals surface area contributed by atoms with Crippen LogP contribution in [0.1, 0.15) is 52.8 Å². The number of nitrogens with one attached hydrogen (secondary N) is 2. The Balaban J connectivity index is 1.38. The molecule has 3 N–H and O–H groups in total. The molecule has 33 heavy (non-hydrogen) atoms. The van der Waals surface area contributed by atoms with Gasteiger partial charge in [0.1, 0.15) is 0 Å². The molecule has 0 unspecified atom stereocenters. The van der Waals surface area contributed by atoms with E-state index in [9.17, 15) is 9.59 Å². The highest BCUT2D eigenvalue weighted by Crippen LogP contribution is 2.24. The summed E-state index contributed by atoms with van der Waals surface area (Å²) < 4.78 is 0. The van der Waals surface area contributed by atoms with Gasteiger partial charge in [-0.1, -0.05) is 24.3 Å². The fraction of sp³-hybridized carbons (Fsp3) is 0.375. The molecule has 0 atom stereocenters. The van der Waals surface area contributed by atoms with Gasteiger partial charge in [-0.25, -0.2) is 9.79 Å². The summed E-state index contributed by atoms with van der Waals surface area (Å²) in [5, 5.41) is 12.2. The van der Waals surface area contributed by atoms with Crippen molar-refractivity contribution >= 4 is 23.5 Å². The van der Waals surface area contributed by atoms with Crippen LogP contribution in [0.15, 0.2) is 53.8 Å². The average Bonchev–Trinajstić information content (AvgIpc) is 2.84. The van der Waals surface area contributed by atoms with Crippen LogP contribution in [-0.2, 0) is 0 Å². The van der Waals surface area contributed by atoms with Crippen molar-refractivity contribution in [3.8, 4) is 0 Å². The molecule has 1 aliphatic heterocycles. The van der Waals surface area contributed by atoms with Crippen molar-refractivity contribution in [3.05, 3.63) is 71.4 Å². The molecule has 0 aliphatic carbocycles. The lowest BCUT2D eigenvalue weighted by Gasteiger charge is -2.32. The number of hydrogen-bond acceptors (Lipinski definition) is 4. The number of likely N-dealkylation sites (tertiary alicyclic amines) is 1. The van der Waals surface area contributed by atoms with Gasteiger partial charge >= 0.3 is 5.97 Å². The minimum absolute atomic E-state index is 0.105. The quantitative estimate of drug-likeness (QED) is 0.187. The SMILES string of the molecule is [C-]#[N+]NC(=NCCCCC1CCN(C(=O)c2cccc(C(=O)O)c2)CC1)Nc1cccnc1. The van der Waals surface area contributed by atoms with Crippen LogP contribution in [0.2, 0.25) is 0 Å². The van der Waals surface area contributed by atoms with Gasteiger partial charge in [0.05, 0.1) is 17.4 Å². The molecule has 2 aromatic rings. The molecule has 1 aromatic carbocycles. The van der Waals surface area contributed by atoms with Gasteiger partial charge in [-0.2, -0.15) is 11.5 Å². The van der Waals surface area contributed by atoms with Crippen molar-refractivity contribution in [1.29, 1.82) is 0 Å². The van der Waals surface area contributed by atoms with Crippen molar-refractivity contribution < 1.29 is 14.7 Å². The first kappa shape index (κ1) is 23.7. The van der Waals surface area contributed by atoms with Gasteiger partial charge in [-0.15, -0.1) is 0 Å². The Labute approximate surface area is 193 Å². The Bertz CT molecular complexity index is 1010. The number of pyridine rings is 1. The maximum Gasteiger partial charge on any atom is 0.335 e. The van der Waals surface area contributed by atoms with Gasteiger partial charge in [0.2, 0.25) is 0 Å². The Kier molecular flexibility index (Phi) is 8.77. The van der Waals surface area contributed by atoms with Gasteiger partial charge in [0, 0.05) is 31.4 Å². The van der Waals surface area contributed by atoms with Crippen molar-refractivity contribution in [1.82, 2.24) is 15.3 Å². The number of aliphatic imine (C=N–C) groups is 1. The first-order valence-electron chi connectivity index (χ1n) is 11.0. The minimum Gasteiger partial charge on any atom is -0.478 e. The van der Waals surface area contributed by atoms with Gasteiger partial charge < -0.3 is 15.3 Å². The van der Waals surface area contributed by atoms with Gasteiger partial charge in [0.25, 0.3) is 11.9 Å². The summed E-state index contributed by atoms with van der Waals surface area (Å²) in [6.07, 6.45) is 8.26. The Hall–Kier alpha value is -3.93. The molecule has 0 bridgehead atoms. The van der Waals surface area contributed by atoms with Crippen molar-refractivity contribution in [2.75, 3.05) is 25.0 Å². The monoisotopic (exact) mass is 448 g/mol. The second-order valence-corrected chi connectivity index (χ2v) is 7.94. The summed E-state index contributed by atoms with van der Waals surface area (Å²) in [5.41, 5.74) is 3.86. The summed E-state index contributed by atoms with van der Waals surface area (Å²) in [5.74, 6) is -0.154. The van der Waals surface area contributed by atoms with Crippen molar-refractivity contribution in [2.45, 2.75) is 32.1 Å². The Morgan fingerprint density at radius 2 is 1.97 bits per heavy atom. The molecule has 1 saturated heterocycles. The summed E-state index contributed by atoms with van der Waals surface area (Å²) in [6, 6.07) is 9.87. The molecule has 1 aromatic heterocycles. The van der Waals surface area contributed by atoms with Crippen LogP contribution in [-0.4, -0.2) is 52.5 Å². The summed E-state index contributed by atoms with van der Waals surface area (Å²) in [7, 11) is 0. The minimum atomic E-state index is -1.03. The molecule has 3 rings (SSSR count). The van der Waals surface area contributed by atoms with Crippen LogP contribution in [0.5, 0.6) is 0 Å². The zero-order valence-electron chi connectivity index (χ0n) is 18.4. The van der Waals surface area contributed by atoms with E-state index in [0.717, 1.165) is 37.8 Å². The van der Waals surface area contributed by atoms with Crippen molar-refractivity contribution in [3.63, 3.8) is 0 Å². The van der Waals surface area contributed by atoms with E-state index < -0.39 is 5.97 Å². The smallest absolute Gasteiger partial charge is 0.335 e. The standard InChI is InChI=1S/C24H28N6O3/c1-25-29-24(28-21-9-5-12-26-17-21)27-13-3-2-6-18-10-14-30(15-11-18)22(31)19-7-4-8-20(16-19)23(32)33/h4-5,7-9,12,16-18H,2-3,6,10-11,13-15H2,(H,32,33)(H2,27,28,29). The molecule has 9 nitrogen and oxygen atoms in total. The third-order valence-electron chi connectivity index (χ3n) is 5.63. The number of aromatic carboxylic acids is 1. The number of carbonyl (C=O) groups excluding carboxylic acids is 1. The number of aromatic nitrogens is 1. The third kappa shape index (κ3) is 7.31. The Morgan fingerprint density at radius 3 is 2.67 bits per heavy atom. The highest BCUT2D eigenvalue weighted by atomic mass is 16.4. The molecule has 0 radical (unpaired) electrons. The molecule has 172 valence electrons. The van der Waals surface area contributed by atoms with Gasteiger partial charge in [-0.05, 0) is 55.5 Å². The first-order valence-corrected chi connectivity index (χ1v) is 11.0. The van der Waals surface area contributed by atoms with E-state index in [0.29, 0.717) is 37.1 Å². The number of rotatable bonds is 8. The van der Waals surface area contributed by atoms with E-state index in [4.69, 9.17) is 11.7 Å². The lowest BCUT2D eigenvalue weighted by molar-refractivity contribution is 0.0686. The summed E-state index contributed by atoms with van der Waals surface area (Å²) in [6.45, 7) is 8.99. The van der Waals surface area contributed by atoms with Crippen LogP contribution in [0.4, 0.5) is 5.69 Å². The van der Waals surface area contributed by atoms with Crippen LogP contribution < -0.4 is 10.7 Å². The fourth-order valence-corrected chi connectivity index (χ4v) is 3.86. The molecule has 9 heteroatoms. The third-order valence-corrected chi connectivity index (χ3v) is 5.63. The number of carbonyl (C=O) groups is 2. The van der Waals surface area contributed by atoms with E-state index in [1.807, 2.05) is 17.0 Å². The fourth-order valence-electron chi connectivity index (χ4n) is 3.86. The molecular formula is C24H28N6O3. The van der Waals surface area contributed by atoms with E-state index >= 15 is 0 Å². The van der Waals surface area contributed by atoms with E-state index in [2.05, 4.69) is 25.7 Å². The number of hydrogen-bond donors (Lipinski definition) is 3. The van der Waals surface area contributed by atoms with Crippen LogP contribution in [0, 0.1) is 12.5 Å². The molecule has 0 saturated carbocycles. The number of anilines is 1. The summed E-state index contributed by atoms with van der Waals surface area (Å²) in [4.78, 5) is 37.3. The zero-order valence-corrected chi connectivity index (χ0v) is 18.4. The van der Waals surface area contributed by atoms with Crippen LogP contribution in [0.3, 0.4) is 0 Å². The van der Waals surface area contributed by atoms with Crippen LogP contribution >= 0.6 is 0 Å².